The van der Waals surface area contributed by atoms with E-state index < -0.39 is 13.9 Å². The molecule has 0 rings (SSSR count). The molecule has 0 aromatic rings. The second-order valence-corrected chi connectivity index (χ2v) is 21.8. The number of phosphoric acid groups is 1. The maximum atomic E-state index is 12.8. The Labute approximate surface area is 427 Å². The summed E-state index contributed by atoms with van der Waals surface area (Å²) < 4.78 is 35.3. The van der Waals surface area contributed by atoms with Gasteiger partial charge in [-0.1, -0.05) is 247 Å². The Morgan fingerprint density at radius 1 is 0.464 bits per heavy atom. The van der Waals surface area contributed by atoms with Crippen molar-refractivity contribution in [3.05, 3.63) is 72.9 Å². The lowest BCUT2D eigenvalue weighted by Crippen LogP contribution is -2.37. The van der Waals surface area contributed by atoms with E-state index in [1.165, 1.54) is 148 Å². The van der Waals surface area contributed by atoms with Gasteiger partial charge in [0, 0.05) is 13.0 Å². The molecule has 0 saturated heterocycles. The van der Waals surface area contributed by atoms with Crippen molar-refractivity contribution in [2.24, 2.45) is 0 Å². The van der Waals surface area contributed by atoms with E-state index in [4.69, 9.17) is 18.5 Å². The molecule has 0 aromatic carbocycles. The van der Waals surface area contributed by atoms with Gasteiger partial charge in [0.25, 0.3) is 0 Å². The molecule has 0 bridgehead atoms. The Bertz CT molecular complexity index is 1330. The van der Waals surface area contributed by atoms with Crippen LogP contribution in [0.25, 0.3) is 0 Å². The summed E-state index contributed by atoms with van der Waals surface area (Å²) in [4.78, 5) is 23.1. The van der Waals surface area contributed by atoms with Crippen molar-refractivity contribution in [3.8, 4) is 0 Å². The number of phosphoric ester groups is 1. The van der Waals surface area contributed by atoms with Crippen LogP contribution in [0.2, 0.25) is 0 Å². The van der Waals surface area contributed by atoms with Gasteiger partial charge in [-0.05, 0) is 64.2 Å². The Morgan fingerprint density at radius 3 is 1.26 bits per heavy atom. The van der Waals surface area contributed by atoms with Gasteiger partial charge in [0.1, 0.15) is 19.3 Å². The van der Waals surface area contributed by atoms with Crippen LogP contribution in [0.3, 0.4) is 0 Å². The number of quaternary nitrogens is 1. The SMILES string of the molecule is CC/C=C\C/C=C\C/C=C\C/C=C\C/C=C\C/C=C\CCCCCCCCCOCC(COP(=O)(O)OCC[N+](C)(C)C)OC(=O)CCCCCCCCCCCCCCCCCCCCCCC. The molecule has 1 N–H and O–H groups in total. The summed E-state index contributed by atoms with van der Waals surface area (Å²) in [6, 6.07) is 0. The molecule has 0 saturated carbocycles. The molecular weight excluding hydrogens is 878 g/mol. The summed E-state index contributed by atoms with van der Waals surface area (Å²) in [5.74, 6) is -0.315. The number of allylic oxidation sites excluding steroid dienone is 12. The number of carbonyl (C=O) groups excluding carboxylic acids is 1. The van der Waals surface area contributed by atoms with Gasteiger partial charge in [0.2, 0.25) is 0 Å². The molecular formula is C60H111NO7P+. The topological polar surface area (TPSA) is 91.3 Å². The molecule has 402 valence electrons. The Kier molecular flexibility index (Phi) is 50.7. The number of rotatable bonds is 53. The van der Waals surface area contributed by atoms with Crippen LogP contribution in [0.5, 0.6) is 0 Å². The molecule has 0 radical (unpaired) electrons. The van der Waals surface area contributed by atoms with E-state index in [1.807, 2.05) is 21.1 Å². The van der Waals surface area contributed by atoms with Crippen molar-refractivity contribution >= 4 is 13.8 Å². The van der Waals surface area contributed by atoms with Gasteiger partial charge >= 0.3 is 13.8 Å². The van der Waals surface area contributed by atoms with E-state index in [0.29, 0.717) is 24.1 Å². The van der Waals surface area contributed by atoms with Crippen molar-refractivity contribution < 1.29 is 37.3 Å². The number of ether oxygens (including phenoxy) is 2. The number of carbonyl (C=O) groups is 1. The average molecular weight is 990 g/mol. The number of nitrogens with zero attached hydrogens (tertiary/aromatic N) is 1. The standard InChI is InChI=1S/C60H110NO7P/c1-6-8-10-12-14-16-18-20-22-24-26-28-29-30-31-32-34-36-38-40-42-44-46-48-50-52-55-65-57-59(58-67-69(63,64)66-56-54-61(3,4)5)68-60(62)53-51-49-47-45-43-41-39-37-35-33-27-25-23-21-19-17-15-13-11-9-7-2/h8,10,14,16,20,22,26,28,30-31,34,36,59H,6-7,9,11-13,15,17-19,21,23-25,27,29,32-33,35,37-58H2,1-5H3/p+1/b10-8-,16-14-,22-20-,28-26-,31-30-,36-34-. The monoisotopic (exact) mass is 989 g/mol. The molecule has 0 fully saturated rings. The molecule has 2 unspecified atom stereocenters. The Morgan fingerprint density at radius 2 is 0.841 bits per heavy atom. The fourth-order valence-electron chi connectivity index (χ4n) is 7.91. The van der Waals surface area contributed by atoms with Gasteiger partial charge in [-0.15, -0.1) is 0 Å². The van der Waals surface area contributed by atoms with E-state index in [9.17, 15) is 14.3 Å². The van der Waals surface area contributed by atoms with Crippen LogP contribution in [0.15, 0.2) is 72.9 Å². The summed E-state index contributed by atoms with van der Waals surface area (Å²) in [7, 11) is 1.66. The van der Waals surface area contributed by atoms with E-state index in [2.05, 4.69) is 86.8 Å². The Balaban J connectivity index is 4.11. The fraction of sp³-hybridized carbons (Fsp3) is 0.783. The Hall–Kier alpha value is -2.06. The van der Waals surface area contributed by atoms with Crippen LogP contribution >= 0.6 is 7.82 Å². The summed E-state index contributed by atoms with van der Waals surface area (Å²) in [5, 5.41) is 0. The van der Waals surface area contributed by atoms with Crippen LogP contribution in [-0.4, -0.2) is 75.6 Å². The van der Waals surface area contributed by atoms with Crippen molar-refractivity contribution in [3.63, 3.8) is 0 Å². The molecule has 0 amide bonds. The molecule has 69 heavy (non-hydrogen) atoms. The molecule has 0 heterocycles. The molecule has 0 spiro atoms. The minimum atomic E-state index is -4.29. The highest BCUT2D eigenvalue weighted by Crippen LogP contribution is 2.43. The van der Waals surface area contributed by atoms with Crippen molar-refractivity contribution in [1.82, 2.24) is 0 Å². The summed E-state index contributed by atoms with van der Waals surface area (Å²) in [6.07, 6.45) is 69.6. The van der Waals surface area contributed by atoms with Gasteiger partial charge < -0.3 is 18.9 Å². The summed E-state index contributed by atoms with van der Waals surface area (Å²) in [5.41, 5.74) is 0. The number of unbranched alkanes of at least 4 members (excludes halogenated alkanes) is 27. The predicted molar refractivity (Wildman–Crippen MR) is 298 cm³/mol. The van der Waals surface area contributed by atoms with Gasteiger partial charge in [-0.2, -0.15) is 0 Å². The van der Waals surface area contributed by atoms with Gasteiger partial charge in [0.05, 0.1) is 34.4 Å². The normalized spacial score (nSPS) is 14.0. The molecule has 0 aliphatic rings. The number of hydrogen-bond donors (Lipinski definition) is 1. The van der Waals surface area contributed by atoms with Crippen LogP contribution in [0.1, 0.15) is 245 Å². The molecule has 0 aliphatic heterocycles. The minimum absolute atomic E-state index is 0.0845. The number of hydrogen-bond acceptors (Lipinski definition) is 6. The smallest absolute Gasteiger partial charge is 0.457 e. The van der Waals surface area contributed by atoms with E-state index >= 15 is 0 Å². The first-order valence-electron chi connectivity index (χ1n) is 28.7. The molecule has 0 aliphatic carbocycles. The lowest BCUT2D eigenvalue weighted by atomic mass is 10.0. The zero-order valence-corrected chi connectivity index (χ0v) is 46.7. The minimum Gasteiger partial charge on any atom is -0.457 e. The lowest BCUT2D eigenvalue weighted by Gasteiger charge is -2.24. The highest BCUT2D eigenvalue weighted by Gasteiger charge is 2.26. The summed E-state index contributed by atoms with van der Waals surface area (Å²) >= 11 is 0. The van der Waals surface area contributed by atoms with Gasteiger partial charge in [-0.3, -0.25) is 13.8 Å². The quantitative estimate of drug-likeness (QED) is 0.0213. The van der Waals surface area contributed by atoms with E-state index in [1.54, 1.807) is 0 Å². The van der Waals surface area contributed by atoms with Crippen LogP contribution in [0.4, 0.5) is 0 Å². The van der Waals surface area contributed by atoms with Gasteiger partial charge in [-0.25, -0.2) is 4.57 Å². The lowest BCUT2D eigenvalue weighted by molar-refractivity contribution is -0.870. The summed E-state index contributed by atoms with van der Waals surface area (Å²) in [6.45, 7) is 5.51. The first kappa shape index (κ1) is 66.9. The third-order valence-corrected chi connectivity index (χ3v) is 13.3. The first-order valence-corrected chi connectivity index (χ1v) is 30.2. The fourth-order valence-corrected chi connectivity index (χ4v) is 8.65. The molecule has 9 heteroatoms. The molecule has 0 aromatic heterocycles. The predicted octanol–water partition coefficient (Wildman–Crippen LogP) is 18.2. The van der Waals surface area contributed by atoms with E-state index in [0.717, 1.165) is 77.0 Å². The molecule has 2 atom stereocenters. The second-order valence-electron chi connectivity index (χ2n) is 20.3. The highest BCUT2D eigenvalue weighted by molar-refractivity contribution is 7.47. The van der Waals surface area contributed by atoms with Gasteiger partial charge in [0.15, 0.2) is 0 Å². The van der Waals surface area contributed by atoms with Crippen molar-refractivity contribution in [2.75, 3.05) is 54.1 Å². The largest absolute Gasteiger partial charge is 0.472 e. The third kappa shape index (κ3) is 56.7. The van der Waals surface area contributed by atoms with Crippen molar-refractivity contribution in [2.45, 2.75) is 251 Å². The zero-order valence-electron chi connectivity index (χ0n) is 45.8. The van der Waals surface area contributed by atoms with Crippen LogP contribution in [-0.2, 0) is 27.9 Å². The van der Waals surface area contributed by atoms with Crippen molar-refractivity contribution in [1.29, 1.82) is 0 Å². The maximum Gasteiger partial charge on any atom is 0.472 e. The average Bonchev–Trinajstić information content (AvgIpc) is 3.31. The van der Waals surface area contributed by atoms with E-state index in [-0.39, 0.29) is 25.8 Å². The molecule has 8 nitrogen and oxygen atoms in total. The zero-order chi connectivity index (χ0) is 50.5. The highest BCUT2D eigenvalue weighted by atomic mass is 31.2. The van der Waals surface area contributed by atoms with Crippen LogP contribution in [0, 0.1) is 0 Å². The maximum absolute atomic E-state index is 12.8. The third-order valence-electron chi connectivity index (χ3n) is 12.3. The number of likely N-dealkylation sites (N-methyl/N-ethyl adjacent to an activating group) is 1. The number of esters is 1. The van der Waals surface area contributed by atoms with Crippen LogP contribution < -0.4 is 0 Å². The first-order chi connectivity index (χ1) is 33.6. The second kappa shape index (κ2) is 52.3.